The van der Waals surface area contributed by atoms with Crippen LogP contribution in [0.3, 0.4) is 0 Å². The van der Waals surface area contributed by atoms with Crippen molar-refractivity contribution < 1.29 is 22.3 Å². The Labute approximate surface area is 112 Å². The van der Waals surface area contributed by atoms with Crippen LogP contribution >= 0.6 is 0 Å². The van der Waals surface area contributed by atoms with Crippen LogP contribution in [0.15, 0.2) is 42.5 Å². The number of rotatable bonds is 3. The second-order valence-electron chi connectivity index (χ2n) is 4.08. The molecule has 0 atom stereocenters. The number of hydrogen-bond donors (Lipinski definition) is 1. The fourth-order valence-corrected chi connectivity index (χ4v) is 1.73. The van der Waals surface area contributed by atoms with Crippen LogP contribution in [0.5, 0.6) is 11.5 Å². The molecule has 0 saturated heterocycles. The molecule has 0 aliphatic heterocycles. The summed E-state index contributed by atoms with van der Waals surface area (Å²) in [5, 5.41) is 0. The summed E-state index contributed by atoms with van der Waals surface area (Å²) in [7, 11) is 0. The average molecular weight is 285 g/mol. The van der Waals surface area contributed by atoms with E-state index in [0.717, 1.165) is 12.1 Å². The molecular formula is C14H11F4NO. The first-order valence-corrected chi connectivity index (χ1v) is 5.74. The van der Waals surface area contributed by atoms with E-state index in [4.69, 9.17) is 10.5 Å². The van der Waals surface area contributed by atoms with Gasteiger partial charge in [-0.1, -0.05) is 12.1 Å². The molecule has 0 aliphatic rings. The van der Waals surface area contributed by atoms with Crippen LogP contribution in [0.2, 0.25) is 0 Å². The van der Waals surface area contributed by atoms with Crippen molar-refractivity contribution in [2.45, 2.75) is 12.7 Å². The highest BCUT2D eigenvalue weighted by Crippen LogP contribution is 2.35. The van der Waals surface area contributed by atoms with Crippen LogP contribution in [-0.2, 0) is 12.7 Å². The summed E-state index contributed by atoms with van der Waals surface area (Å²) in [5.41, 5.74) is 4.40. The minimum Gasteiger partial charge on any atom is -0.457 e. The van der Waals surface area contributed by atoms with Crippen molar-refractivity contribution in [3.05, 3.63) is 59.4 Å². The quantitative estimate of drug-likeness (QED) is 0.862. The maximum absolute atomic E-state index is 13.0. The fourth-order valence-electron chi connectivity index (χ4n) is 1.73. The SMILES string of the molecule is NCc1ccc(Oc2cccc(F)c2)cc1C(F)(F)F. The molecule has 2 nitrogen and oxygen atoms in total. The Balaban J connectivity index is 2.34. The topological polar surface area (TPSA) is 35.2 Å². The Bertz CT molecular complexity index is 610. The highest BCUT2D eigenvalue weighted by Gasteiger charge is 2.33. The smallest absolute Gasteiger partial charge is 0.416 e. The molecule has 0 bridgehead atoms. The number of halogens is 4. The third kappa shape index (κ3) is 3.27. The van der Waals surface area contributed by atoms with E-state index >= 15 is 0 Å². The van der Waals surface area contributed by atoms with E-state index in [1.165, 1.54) is 30.3 Å². The molecule has 2 aromatic rings. The molecule has 0 heterocycles. The van der Waals surface area contributed by atoms with Gasteiger partial charge in [0.1, 0.15) is 17.3 Å². The summed E-state index contributed by atoms with van der Waals surface area (Å²) in [6, 6.07) is 8.62. The van der Waals surface area contributed by atoms with Crippen LogP contribution < -0.4 is 10.5 Å². The van der Waals surface area contributed by atoms with Gasteiger partial charge in [-0.25, -0.2) is 4.39 Å². The number of hydrogen-bond acceptors (Lipinski definition) is 2. The van der Waals surface area contributed by atoms with Crippen LogP contribution in [-0.4, -0.2) is 0 Å². The molecule has 2 rings (SSSR count). The number of benzene rings is 2. The molecule has 0 aromatic heterocycles. The summed E-state index contributed by atoms with van der Waals surface area (Å²) in [5.74, 6) is -0.434. The standard InChI is InChI=1S/C14H11F4NO/c15-10-2-1-3-11(6-10)20-12-5-4-9(8-19)13(7-12)14(16,17)18/h1-7H,8,19H2. The second kappa shape index (κ2) is 5.50. The van der Waals surface area contributed by atoms with E-state index in [9.17, 15) is 17.6 Å². The predicted octanol–water partition coefficient (Wildman–Crippen LogP) is 4.10. The molecule has 0 unspecified atom stereocenters. The van der Waals surface area contributed by atoms with Crippen LogP contribution in [0, 0.1) is 5.82 Å². The van der Waals surface area contributed by atoms with E-state index < -0.39 is 17.6 Å². The van der Waals surface area contributed by atoms with Gasteiger partial charge in [0.2, 0.25) is 0 Å². The fraction of sp³-hybridized carbons (Fsp3) is 0.143. The van der Waals surface area contributed by atoms with Gasteiger partial charge >= 0.3 is 6.18 Å². The molecule has 6 heteroatoms. The maximum Gasteiger partial charge on any atom is 0.416 e. The monoisotopic (exact) mass is 285 g/mol. The summed E-state index contributed by atoms with van der Waals surface area (Å²) >= 11 is 0. The molecule has 0 amide bonds. The third-order valence-corrected chi connectivity index (χ3v) is 2.64. The lowest BCUT2D eigenvalue weighted by Crippen LogP contribution is -2.12. The zero-order valence-electron chi connectivity index (χ0n) is 10.2. The van der Waals surface area contributed by atoms with E-state index in [1.807, 2.05) is 0 Å². The van der Waals surface area contributed by atoms with Gasteiger partial charge in [0.25, 0.3) is 0 Å². The number of ether oxygens (including phenoxy) is 1. The van der Waals surface area contributed by atoms with Crippen molar-refractivity contribution in [2.75, 3.05) is 0 Å². The molecule has 0 spiro atoms. The molecule has 0 saturated carbocycles. The summed E-state index contributed by atoms with van der Waals surface area (Å²) in [4.78, 5) is 0. The van der Waals surface area contributed by atoms with Crippen molar-refractivity contribution in [1.82, 2.24) is 0 Å². The lowest BCUT2D eigenvalue weighted by Gasteiger charge is -2.14. The Kier molecular flexibility index (Phi) is 3.94. The van der Waals surface area contributed by atoms with Gasteiger partial charge in [0.05, 0.1) is 5.56 Å². The molecule has 2 aromatic carbocycles. The largest absolute Gasteiger partial charge is 0.457 e. The highest BCUT2D eigenvalue weighted by atomic mass is 19.4. The first kappa shape index (κ1) is 14.3. The Hall–Kier alpha value is -2.08. The van der Waals surface area contributed by atoms with Gasteiger partial charge in [0, 0.05) is 12.6 Å². The first-order chi connectivity index (χ1) is 9.40. The van der Waals surface area contributed by atoms with Crippen molar-refractivity contribution in [1.29, 1.82) is 0 Å². The van der Waals surface area contributed by atoms with Gasteiger partial charge in [-0.05, 0) is 29.8 Å². The Morgan fingerprint density at radius 2 is 1.70 bits per heavy atom. The highest BCUT2D eigenvalue weighted by molar-refractivity contribution is 5.40. The molecule has 20 heavy (non-hydrogen) atoms. The van der Waals surface area contributed by atoms with E-state index in [-0.39, 0.29) is 23.6 Å². The van der Waals surface area contributed by atoms with Gasteiger partial charge < -0.3 is 10.5 Å². The number of alkyl halides is 3. The van der Waals surface area contributed by atoms with Crippen LogP contribution in [0.1, 0.15) is 11.1 Å². The minimum atomic E-state index is -4.52. The molecule has 0 fully saturated rings. The van der Waals surface area contributed by atoms with Crippen LogP contribution in [0.4, 0.5) is 17.6 Å². The summed E-state index contributed by atoms with van der Waals surface area (Å²) in [6.45, 7) is -0.227. The van der Waals surface area contributed by atoms with Crippen molar-refractivity contribution in [3.63, 3.8) is 0 Å². The van der Waals surface area contributed by atoms with Crippen molar-refractivity contribution in [2.24, 2.45) is 5.73 Å². The van der Waals surface area contributed by atoms with Gasteiger partial charge in [-0.15, -0.1) is 0 Å². The Morgan fingerprint density at radius 3 is 2.30 bits per heavy atom. The van der Waals surface area contributed by atoms with Crippen LogP contribution in [0.25, 0.3) is 0 Å². The molecule has 0 aliphatic carbocycles. The molecule has 0 radical (unpaired) electrons. The zero-order chi connectivity index (χ0) is 14.8. The third-order valence-electron chi connectivity index (χ3n) is 2.64. The second-order valence-corrected chi connectivity index (χ2v) is 4.08. The normalized spacial score (nSPS) is 11.4. The molecule has 2 N–H and O–H groups in total. The minimum absolute atomic E-state index is 0.0240. The van der Waals surface area contributed by atoms with Gasteiger partial charge in [-0.3, -0.25) is 0 Å². The lowest BCUT2D eigenvalue weighted by molar-refractivity contribution is -0.138. The van der Waals surface area contributed by atoms with E-state index in [2.05, 4.69) is 0 Å². The summed E-state index contributed by atoms with van der Waals surface area (Å²) in [6.07, 6.45) is -4.52. The Morgan fingerprint density at radius 1 is 1.00 bits per heavy atom. The average Bonchev–Trinajstić information content (AvgIpc) is 2.37. The van der Waals surface area contributed by atoms with Crippen molar-refractivity contribution >= 4 is 0 Å². The van der Waals surface area contributed by atoms with Gasteiger partial charge in [0.15, 0.2) is 0 Å². The lowest BCUT2D eigenvalue weighted by atomic mass is 10.1. The molecular weight excluding hydrogens is 274 g/mol. The first-order valence-electron chi connectivity index (χ1n) is 5.74. The zero-order valence-corrected chi connectivity index (χ0v) is 10.2. The molecule has 106 valence electrons. The maximum atomic E-state index is 13.0. The van der Waals surface area contributed by atoms with Gasteiger partial charge in [-0.2, -0.15) is 13.2 Å². The predicted molar refractivity (Wildman–Crippen MR) is 65.8 cm³/mol. The summed E-state index contributed by atoms with van der Waals surface area (Å²) < 4.78 is 56.7. The van der Waals surface area contributed by atoms with Crippen molar-refractivity contribution in [3.8, 4) is 11.5 Å². The van der Waals surface area contributed by atoms with E-state index in [0.29, 0.717) is 0 Å². The number of nitrogens with two attached hydrogens (primary N) is 1. The van der Waals surface area contributed by atoms with E-state index in [1.54, 1.807) is 0 Å².